The van der Waals surface area contributed by atoms with Gasteiger partial charge in [-0.3, -0.25) is 9.59 Å². The number of amides is 1. The molecule has 3 N–H and O–H groups in total. The molecule has 0 aliphatic carbocycles. The van der Waals surface area contributed by atoms with Crippen molar-refractivity contribution in [2.24, 2.45) is 0 Å². The van der Waals surface area contributed by atoms with Gasteiger partial charge in [-0.15, -0.1) is 11.8 Å². The molecule has 0 saturated carbocycles. The summed E-state index contributed by atoms with van der Waals surface area (Å²) in [6, 6.07) is 30.3. The highest BCUT2D eigenvalue weighted by molar-refractivity contribution is 7.99. The summed E-state index contributed by atoms with van der Waals surface area (Å²) < 4.78 is 18.0. The van der Waals surface area contributed by atoms with Crippen molar-refractivity contribution in [3.63, 3.8) is 0 Å². The molecule has 1 heterocycles. The predicted octanol–water partition coefficient (Wildman–Crippen LogP) is 6.45. The fourth-order valence-corrected chi connectivity index (χ4v) is 6.23. The van der Waals surface area contributed by atoms with E-state index in [1.54, 1.807) is 36.0 Å². The average molecular weight is 656 g/mol. The monoisotopic (exact) mass is 655 g/mol. The number of rotatable bonds is 12. The third-order valence-electron chi connectivity index (χ3n) is 7.83. The van der Waals surface area contributed by atoms with Crippen LogP contribution in [0.25, 0.3) is 11.1 Å². The summed E-state index contributed by atoms with van der Waals surface area (Å²) in [5, 5.41) is 21.6. The SMILES string of the molecule is CC(=O)OC(C)C(=O)NCc1ccccc1-c1ccc(C2OC(CSc3ccc(C(=O)O)cc3)CC(c3ccc(CO)cc3)O2)cc1. The summed E-state index contributed by atoms with van der Waals surface area (Å²) in [5.41, 5.74) is 5.73. The van der Waals surface area contributed by atoms with Gasteiger partial charge < -0.3 is 29.7 Å². The molecule has 1 aliphatic heterocycles. The number of carbonyl (C=O) groups excluding carboxylic acids is 2. The Morgan fingerprint density at radius 2 is 1.60 bits per heavy atom. The first-order chi connectivity index (χ1) is 22.7. The maximum atomic E-state index is 12.4. The number of benzene rings is 4. The molecule has 244 valence electrons. The first kappa shape index (κ1) is 33.9. The number of esters is 1. The third-order valence-corrected chi connectivity index (χ3v) is 8.97. The van der Waals surface area contributed by atoms with Gasteiger partial charge in [-0.25, -0.2) is 4.79 Å². The number of thioether (sulfide) groups is 1. The van der Waals surface area contributed by atoms with E-state index in [0.29, 0.717) is 12.2 Å². The van der Waals surface area contributed by atoms with E-state index in [-0.39, 0.29) is 36.8 Å². The zero-order chi connectivity index (χ0) is 33.3. The maximum Gasteiger partial charge on any atom is 0.335 e. The van der Waals surface area contributed by atoms with Gasteiger partial charge in [-0.2, -0.15) is 0 Å². The summed E-state index contributed by atoms with van der Waals surface area (Å²) >= 11 is 1.60. The molecule has 47 heavy (non-hydrogen) atoms. The number of hydrogen-bond acceptors (Lipinski definition) is 8. The second-order valence-electron chi connectivity index (χ2n) is 11.2. The molecule has 4 aromatic carbocycles. The summed E-state index contributed by atoms with van der Waals surface area (Å²) in [6.45, 7) is 3.04. The van der Waals surface area contributed by atoms with E-state index in [2.05, 4.69) is 5.32 Å². The molecule has 1 saturated heterocycles. The highest BCUT2D eigenvalue weighted by Crippen LogP contribution is 2.40. The van der Waals surface area contributed by atoms with E-state index < -0.39 is 24.3 Å². The third kappa shape index (κ3) is 9.08. The van der Waals surface area contributed by atoms with E-state index in [1.165, 1.54) is 13.8 Å². The van der Waals surface area contributed by atoms with E-state index in [4.69, 9.17) is 14.2 Å². The Hall–Kier alpha value is -4.48. The Bertz CT molecular complexity index is 1670. The minimum Gasteiger partial charge on any atom is -0.478 e. The van der Waals surface area contributed by atoms with E-state index in [9.17, 15) is 24.6 Å². The zero-order valence-corrected chi connectivity index (χ0v) is 26.9. The summed E-state index contributed by atoms with van der Waals surface area (Å²) in [7, 11) is 0. The fourth-order valence-electron chi connectivity index (χ4n) is 5.31. The molecule has 9 nitrogen and oxygen atoms in total. The molecular formula is C37H37NO8S. The number of aliphatic hydroxyl groups is 1. The first-order valence-electron chi connectivity index (χ1n) is 15.3. The summed E-state index contributed by atoms with van der Waals surface area (Å²) in [6.07, 6.45) is -1.27. The second kappa shape index (κ2) is 15.9. The van der Waals surface area contributed by atoms with Gasteiger partial charge in [0.2, 0.25) is 0 Å². The van der Waals surface area contributed by atoms with Crippen LogP contribution in [0.5, 0.6) is 0 Å². The van der Waals surface area contributed by atoms with Crippen molar-refractivity contribution >= 4 is 29.6 Å². The number of carbonyl (C=O) groups is 3. The van der Waals surface area contributed by atoms with Crippen LogP contribution in [-0.4, -0.2) is 46.0 Å². The van der Waals surface area contributed by atoms with Crippen molar-refractivity contribution < 1.29 is 38.8 Å². The van der Waals surface area contributed by atoms with Crippen LogP contribution in [0.3, 0.4) is 0 Å². The number of ether oxygens (including phenoxy) is 3. The lowest BCUT2D eigenvalue weighted by Gasteiger charge is -2.36. The van der Waals surface area contributed by atoms with Crippen LogP contribution in [-0.2, 0) is 37.0 Å². The molecule has 4 aromatic rings. The lowest BCUT2D eigenvalue weighted by atomic mass is 9.97. The standard InChI is InChI=1S/C37H37NO8S/c1-23(44-24(2)40)35(41)38-20-30-5-3-4-6-33(30)26-11-13-29(14-12-26)37-45-31(22-47-32-17-15-28(16-18-32)36(42)43)19-34(46-37)27-9-7-25(21-39)8-10-27/h3-18,23,31,34,37,39H,19-22H2,1-2H3,(H,38,41)(H,42,43). The molecule has 5 rings (SSSR count). The van der Waals surface area contributed by atoms with Crippen molar-refractivity contribution in [2.75, 3.05) is 5.75 Å². The van der Waals surface area contributed by atoms with Crippen LogP contribution in [0.15, 0.2) is 102 Å². The van der Waals surface area contributed by atoms with Gasteiger partial charge in [-0.1, -0.05) is 72.8 Å². The van der Waals surface area contributed by atoms with Gasteiger partial charge in [-0.05, 0) is 59.0 Å². The van der Waals surface area contributed by atoms with Crippen molar-refractivity contribution in [1.29, 1.82) is 0 Å². The van der Waals surface area contributed by atoms with Gasteiger partial charge in [0, 0.05) is 36.1 Å². The minimum absolute atomic E-state index is 0.0350. The topological polar surface area (TPSA) is 131 Å². The molecule has 0 spiro atoms. The van der Waals surface area contributed by atoms with Crippen molar-refractivity contribution in [3.05, 3.63) is 125 Å². The van der Waals surface area contributed by atoms with Gasteiger partial charge in [0.25, 0.3) is 5.91 Å². The molecule has 4 atom stereocenters. The molecule has 1 amide bonds. The Labute approximate surface area is 277 Å². The summed E-state index contributed by atoms with van der Waals surface area (Å²) in [5.74, 6) is -1.20. The number of aliphatic hydroxyl groups excluding tert-OH is 1. The highest BCUT2D eigenvalue weighted by Gasteiger charge is 2.32. The minimum atomic E-state index is -0.959. The van der Waals surface area contributed by atoms with Crippen LogP contribution >= 0.6 is 11.8 Å². The van der Waals surface area contributed by atoms with Crippen LogP contribution in [0, 0.1) is 0 Å². The Balaban J connectivity index is 1.31. The quantitative estimate of drug-likeness (QED) is 0.116. The van der Waals surface area contributed by atoms with Crippen LogP contribution in [0.4, 0.5) is 0 Å². The van der Waals surface area contributed by atoms with Crippen molar-refractivity contribution in [3.8, 4) is 11.1 Å². The van der Waals surface area contributed by atoms with Gasteiger partial charge >= 0.3 is 11.9 Å². The number of carboxylic acid groups (broad SMARTS) is 1. The number of nitrogens with one attached hydrogen (secondary N) is 1. The Morgan fingerprint density at radius 1 is 0.915 bits per heavy atom. The van der Waals surface area contributed by atoms with Crippen LogP contribution in [0.1, 0.15) is 65.3 Å². The lowest BCUT2D eigenvalue weighted by molar-refractivity contribution is -0.245. The first-order valence-corrected chi connectivity index (χ1v) is 16.3. The maximum absolute atomic E-state index is 12.4. The molecule has 4 unspecified atom stereocenters. The molecular weight excluding hydrogens is 618 g/mol. The van der Waals surface area contributed by atoms with Crippen molar-refractivity contribution in [2.45, 2.75) is 62.9 Å². The Morgan fingerprint density at radius 3 is 2.26 bits per heavy atom. The van der Waals surface area contributed by atoms with Crippen molar-refractivity contribution in [1.82, 2.24) is 5.32 Å². The van der Waals surface area contributed by atoms with Crippen LogP contribution < -0.4 is 5.32 Å². The summed E-state index contributed by atoms with van der Waals surface area (Å²) in [4.78, 5) is 35.8. The smallest absolute Gasteiger partial charge is 0.335 e. The van der Waals surface area contributed by atoms with E-state index in [0.717, 1.165) is 38.3 Å². The second-order valence-corrected chi connectivity index (χ2v) is 12.3. The molecule has 0 radical (unpaired) electrons. The Kier molecular flexibility index (Phi) is 11.4. The fraction of sp³-hybridized carbons (Fsp3) is 0.270. The molecule has 1 aliphatic rings. The number of carboxylic acids is 1. The van der Waals surface area contributed by atoms with E-state index in [1.807, 2.05) is 72.8 Å². The molecule has 10 heteroatoms. The number of hydrogen-bond donors (Lipinski definition) is 3. The van der Waals surface area contributed by atoms with Gasteiger partial charge in [0.15, 0.2) is 12.4 Å². The molecule has 1 fully saturated rings. The van der Waals surface area contributed by atoms with Gasteiger partial charge in [0.05, 0.1) is 24.4 Å². The van der Waals surface area contributed by atoms with Crippen LogP contribution in [0.2, 0.25) is 0 Å². The van der Waals surface area contributed by atoms with Gasteiger partial charge in [0.1, 0.15) is 0 Å². The zero-order valence-electron chi connectivity index (χ0n) is 26.1. The normalized spacial score (nSPS) is 18.2. The van der Waals surface area contributed by atoms with E-state index >= 15 is 0 Å². The largest absolute Gasteiger partial charge is 0.478 e. The molecule has 0 aromatic heterocycles. The number of aromatic carboxylic acids is 1. The predicted molar refractivity (Wildman–Crippen MR) is 177 cm³/mol. The highest BCUT2D eigenvalue weighted by atomic mass is 32.2. The average Bonchev–Trinajstić information content (AvgIpc) is 3.09. The lowest BCUT2D eigenvalue weighted by Crippen LogP contribution is -2.35. The molecule has 0 bridgehead atoms.